The minimum atomic E-state index is -1.44. The number of fused-ring (bicyclic) bond motifs is 1. The van der Waals surface area contributed by atoms with Crippen LogP contribution in [0, 0.1) is 0 Å². The number of hydrogen-bond acceptors (Lipinski definition) is 6. The SMILES string of the molecule is CCc1ccc(Cc2cc([C@@H]3OC(CO)[C@@H](O)[C@H](O)[C@H]3O)c3c(c2Cl)OC(C)C3)cc1. The molecule has 4 N–H and O–H groups in total. The lowest BCUT2D eigenvalue weighted by molar-refractivity contribution is -0.231. The molecule has 1 fully saturated rings. The molecule has 6 atom stereocenters. The minimum Gasteiger partial charge on any atom is -0.488 e. The van der Waals surface area contributed by atoms with Gasteiger partial charge in [-0.1, -0.05) is 48.9 Å². The van der Waals surface area contributed by atoms with Gasteiger partial charge in [-0.15, -0.1) is 0 Å². The van der Waals surface area contributed by atoms with Crippen LogP contribution in [0.15, 0.2) is 30.3 Å². The highest BCUT2D eigenvalue weighted by Crippen LogP contribution is 2.45. The predicted molar refractivity (Wildman–Crippen MR) is 117 cm³/mol. The lowest BCUT2D eigenvalue weighted by Gasteiger charge is -2.40. The van der Waals surface area contributed by atoms with Gasteiger partial charge in [0.25, 0.3) is 0 Å². The first-order valence-corrected chi connectivity index (χ1v) is 11.1. The van der Waals surface area contributed by atoms with Gasteiger partial charge in [-0.25, -0.2) is 0 Å². The molecule has 2 aliphatic rings. The number of aliphatic hydroxyl groups excluding tert-OH is 4. The van der Waals surface area contributed by atoms with Crippen LogP contribution in [0.2, 0.25) is 5.02 Å². The molecule has 2 heterocycles. The van der Waals surface area contributed by atoms with Crippen molar-refractivity contribution in [2.45, 2.75) is 69.7 Å². The fourth-order valence-corrected chi connectivity index (χ4v) is 4.75. The molecule has 0 aliphatic carbocycles. The first-order valence-electron chi connectivity index (χ1n) is 10.7. The maximum absolute atomic E-state index is 10.7. The van der Waals surface area contributed by atoms with E-state index in [1.54, 1.807) is 0 Å². The second-order valence-electron chi connectivity index (χ2n) is 8.48. The summed E-state index contributed by atoms with van der Waals surface area (Å²) >= 11 is 6.73. The van der Waals surface area contributed by atoms with Crippen LogP contribution in [-0.2, 0) is 24.0 Å². The summed E-state index contributed by atoms with van der Waals surface area (Å²) in [5.41, 5.74) is 4.66. The molecule has 6 nitrogen and oxygen atoms in total. The van der Waals surface area contributed by atoms with Crippen molar-refractivity contribution < 1.29 is 29.9 Å². The first kappa shape index (κ1) is 22.5. The summed E-state index contributed by atoms with van der Waals surface area (Å²) < 4.78 is 11.8. The van der Waals surface area contributed by atoms with E-state index in [0.717, 1.165) is 23.1 Å². The van der Waals surface area contributed by atoms with E-state index in [1.165, 1.54) is 5.56 Å². The smallest absolute Gasteiger partial charge is 0.142 e. The molecule has 168 valence electrons. The van der Waals surface area contributed by atoms with Crippen molar-refractivity contribution in [2.24, 2.45) is 0 Å². The molecule has 31 heavy (non-hydrogen) atoms. The van der Waals surface area contributed by atoms with E-state index in [-0.39, 0.29) is 6.10 Å². The highest BCUT2D eigenvalue weighted by molar-refractivity contribution is 6.33. The molecule has 0 amide bonds. The third-order valence-electron chi connectivity index (χ3n) is 6.27. The molecule has 0 bridgehead atoms. The van der Waals surface area contributed by atoms with Crippen LogP contribution in [0.3, 0.4) is 0 Å². The fraction of sp³-hybridized carbons (Fsp3) is 0.500. The highest BCUT2D eigenvalue weighted by atomic mass is 35.5. The van der Waals surface area contributed by atoms with Crippen molar-refractivity contribution in [3.63, 3.8) is 0 Å². The van der Waals surface area contributed by atoms with Gasteiger partial charge in [0.2, 0.25) is 0 Å². The van der Waals surface area contributed by atoms with E-state index < -0.39 is 37.1 Å². The Labute approximate surface area is 187 Å². The van der Waals surface area contributed by atoms with Gasteiger partial charge in [0.15, 0.2) is 0 Å². The first-order chi connectivity index (χ1) is 14.8. The van der Waals surface area contributed by atoms with Crippen LogP contribution >= 0.6 is 11.6 Å². The Bertz CT molecular complexity index is 929. The molecule has 2 aromatic rings. The second kappa shape index (κ2) is 9.06. The summed E-state index contributed by atoms with van der Waals surface area (Å²) in [5, 5.41) is 41.2. The average Bonchev–Trinajstić information content (AvgIpc) is 3.17. The lowest BCUT2D eigenvalue weighted by Crippen LogP contribution is -2.55. The topological polar surface area (TPSA) is 99.4 Å². The van der Waals surface area contributed by atoms with E-state index in [0.29, 0.717) is 29.2 Å². The van der Waals surface area contributed by atoms with Gasteiger partial charge in [-0.3, -0.25) is 0 Å². The van der Waals surface area contributed by atoms with Crippen molar-refractivity contribution in [2.75, 3.05) is 6.61 Å². The highest BCUT2D eigenvalue weighted by Gasteiger charge is 2.45. The van der Waals surface area contributed by atoms with Crippen LogP contribution in [0.4, 0.5) is 0 Å². The summed E-state index contributed by atoms with van der Waals surface area (Å²) in [4.78, 5) is 0. The Morgan fingerprint density at radius 2 is 1.71 bits per heavy atom. The Morgan fingerprint density at radius 3 is 2.35 bits per heavy atom. The zero-order valence-corrected chi connectivity index (χ0v) is 18.4. The third-order valence-corrected chi connectivity index (χ3v) is 6.68. The number of hydrogen-bond donors (Lipinski definition) is 4. The summed E-state index contributed by atoms with van der Waals surface area (Å²) in [6.07, 6.45) is -4.05. The molecule has 2 unspecified atom stereocenters. The van der Waals surface area contributed by atoms with Crippen molar-refractivity contribution in [1.82, 2.24) is 0 Å². The maximum atomic E-state index is 10.7. The summed E-state index contributed by atoms with van der Waals surface area (Å²) in [7, 11) is 0. The van der Waals surface area contributed by atoms with Crippen LogP contribution in [0.1, 0.15) is 47.8 Å². The van der Waals surface area contributed by atoms with Gasteiger partial charge >= 0.3 is 0 Å². The number of aliphatic hydroxyl groups is 4. The molecule has 0 saturated carbocycles. The van der Waals surface area contributed by atoms with Crippen molar-refractivity contribution in [3.8, 4) is 5.75 Å². The Kier molecular flexibility index (Phi) is 6.58. The monoisotopic (exact) mass is 448 g/mol. The zero-order chi connectivity index (χ0) is 22.3. The van der Waals surface area contributed by atoms with Crippen molar-refractivity contribution >= 4 is 11.6 Å². The predicted octanol–water partition coefficient (Wildman–Crippen LogP) is 2.33. The average molecular weight is 449 g/mol. The Balaban J connectivity index is 1.75. The van der Waals surface area contributed by atoms with Crippen LogP contribution in [-0.4, -0.2) is 57.6 Å². The molecule has 0 radical (unpaired) electrons. The second-order valence-corrected chi connectivity index (χ2v) is 8.85. The van der Waals surface area contributed by atoms with Crippen LogP contribution in [0.25, 0.3) is 0 Å². The zero-order valence-electron chi connectivity index (χ0n) is 17.7. The van der Waals surface area contributed by atoms with E-state index in [9.17, 15) is 20.4 Å². The molecular weight excluding hydrogens is 420 g/mol. The molecule has 2 aromatic carbocycles. The molecule has 2 aliphatic heterocycles. The standard InChI is InChI=1S/C24H29ClO6/c1-3-13-4-6-14(7-5-13)9-15-10-17(16-8-12(2)30-23(16)19(15)25)24-22(29)21(28)20(27)18(11-26)31-24/h4-7,10,12,18,20-22,24,26-29H,3,8-9,11H2,1-2H3/t12?,18?,20-,21+,22-,24+/m1/s1. The summed E-state index contributed by atoms with van der Waals surface area (Å²) in [6.45, 7) is 3.58. The number of aryl methyl sites for hydroxylation is 1. The number of benzene rings is 2. The summed E-state index contributed by atoms with van der Waals surface area (Å²) in [5.74, 6) is 0.573. The van der Waals surface area contributed by atoms with Crippen molar-refractivity contribution in [1.29, 1.82) is 0 Å². The van der Waals surface area contributed by atoms with E-state index in [4.69, 9.17) is 21.1 Å². The van der Waals surface area contributed by atoms with E-state index >= 15 is 0 Å². The molecule has 7 heteroatoms. The van der Waals surface area contributed by atoms with Crippen LogP contribution < -0.4 is 4.74 Å². The quantitative estimate of drug-likeness (QED) is 0.560. The summed E-state index contributed by atoms with van der Waals surface area (Å²) in [6, 6.07) is 10.2. The molecule has 0 aromatic heterocycles. The van der Waals surface area contributed by atoms with Gasteiger partial charge in [-0.05, 0) is 42.0 Å². The van der Waals surface area contributed by atoms with E-state index in [1.807, 2.05) is 13.0 Å². The molecular formula is C24H29ClO6. The Morgan fingerprint density at radius 1 is 1.03 bits per heavy atom. The van der Waals surface area contributed by atoms with E-state index in [2.05, 4.69) is 31.2 Å². The van der Waals surface area contributed by atoms with Gasteiger partial charge < -0.3 is 29.9 Å². The van der Waals surface area contributed by atoms with Gasteiger partial charge in [0.1, 0.15) is 42.4 Å². The molecule has 4 rings (SSSR count). The van der Waals surface area contributed by atoms with Gasteiger partial charge in [-0.2, -0.15) is 0 Å². The fourth-order valence-electron chi connectivity index (χ4n) is 4.47. The number of ether oxygens (including phenoxy) is 2. The Hall–Kier alpha value is -1.67. The number of rotatable bonds is 5. The minimum absolute atomic E-state index is 0.0878. The largest absolute Gasteiger partial charge is 0.488 e. The molecule has 0 spiro atoms. The molecule has 1 saturated heterocycles. The third kappa shape index (κ3) is 4.21. The lowest BCUT2D eigenvalue weighted by atomic mass is 9.86. The van der Waals surface area contributed by atoms with Gasteiger partial charge in [0, 0.05) is 12.0 Å². The van der Waals surface area contributed by atoms with Crippen LogP contribution in [0.5, 0.6) is 5.75 Å². The maximum Gasteiger partial charge on any atom is 0.142 e. The van der Waals surface area contributed by atoms with Crippen molar-refractivity contribution in [3.05, 3.63) is 63.2 Å². The van der Waals surface area contributed by atoms with Gasteiger partial charge in [0.05, 0.1) is 11.6 Å². The number of halogens is 1. The normalized spacial score (nSPS) is 30.2.